The molecule has 0 amide bonds. The lowest BCUT2D eigenvalue weighted by Crippen LogP contribution is -2.36. The van der Waals surface area contributed by atoms with Crippen LogP contribution in [0, 0.1) is 16.0 Å². The molecule has 114 valence electrons. The molecule has 2 heterocycles. The zero-order valence-electron chi connectivity index (χ0n) is 12.1. The van der Waals surface area contributed by atoms with Crippen LogP contribution in [0.15, 0.2) is 23.4 Å². The van der Waals surface area contributed by atoms with Gasteiger partial charge >= 0.3 is 0 Å². The molecule has 1 aromatic heterocycles. The minimum Gasteiger partial charge on any atom is -0.336 e. The second kappa shape index (κ2) is 6.71. The monoisotopic (exact) mass is 311 g/mol. The average molecular weight is 312 g/mol. The smallest absolute Gasteiger partial charge is 0.274 e. The molecule has 2 rings (SSSR count). The zero-order chi connectivity index (χ0) is 15.4. The van der Waals surface area contributed by atoms with Gasteiger partial charge in [0.25, 0.3) is 5.96 Å². The fraction of sp³-hybridized carbons (Fsp3) is 0.538. The predicted octanol–water partition coefficient (Wildman–Crippen LogP) is 2.06. The molecule has 0 unspecified atom stereocenters. The van der Waals surface area contributed by atoms with Crippen molar-refractivity contribution < 1.29 is 5.03 Å². The molecule has 21 heavy (non-hydrogen) atoms. The molecule has 1 aliphatic heterocycles. The number of hydrogen-bond donors (Lipinski definition) is 0. The molecule has 1 aromatic rings. The summed E-state index contributed by atoms with van der Waals surface area (Å²) in [6.45, 7) is 6.90. The van der Waals surface area contributed by atoms with E-state index in [-0.39, 0.29) is 0 Å². The summed E-state index contributed by atoms with van der Waals surface area (Å²) in [7, 11) is 0. The third-order valence-electron chi connectivity index (χ3n) is 3.12. The highest BCUT2D eigenvalue weighted by Gasteiger charge is 2.29. The summed E-state index contributed by atoms with van der Waals surface area (Å²) in [5, 5.41) is 14.1. The second-order valence-electron chi connectivity index (χ2n) is 5.39. The lowest BCUT2D eigenvalue weighted by Gasteiger charge is -2.22. The van der Waals surface area contributed by atoms with Gasteiger partial charge in [-0.25, -0.2) is 15.1 Å². The first kappa shape index (κ1) is 15.5. The van der Waals surface area contributed by atoms with Crippen molar-refractivity contribution in [1.29, 1.82) is 0 Å². The van der Waals surface area contributed by atoms with Crippen molar-refractivity contribution in [2.75, 3.05) is 19.6 Å². The molecule has 0 bridgehead atoms. The molecule has 0 saturated carbocycles. The van der Waals surface area contributed by atoms with Crippen LogP contribution in [0.5, 0.6) is 0 Å². The van der Waals surface area contributed by atoms with Gasteiger partial charge in [-0.2, -0.15) is 0 Å². The molecule has 0 aromatic carbocycles. The van der Waals surface area contributed by atoms with Crippen LogP contribution in [0.1, 0.15) is 19.4 Å². The van der Waals surface area contributed by atoms with Crippen molar-refractivity contribution in [1.82, 2.24) is 14.8 Å². The Labute approximate surface area is 128 Å². The van der Waals surface area contributed by atoms with Crippen LogP contribution in [0.2, 0.25) is 5.15 Å². The SMILES string of the molecule is CC(C)CN1CCN(Cc2ccc(Cl)nc2)/C1=N/[N+](=O)[O-]. The fourth-order valence-corrected chi connectivity index (χ4v) is 2.44. The Morgan fingerprint density at radius 2 is 2.14 bits per heavy atom. The number of pyridine rings is 1. The molecule has 0 spiro atoms. The molecule has 8 heteroatoms. The van der Waals surface area contributed by atoms with Gasteiger partial charge in [-0.1, -0.05) is 31.5 Å². The van der Waals surface area contributed by atoms with Crippen LogP contribution in [-0.4, -0.2) is 45.4 Å². The fourth-order valence-electron chi connectivity index (χ4n) is 2.32. The van der Waals surface area contributed by atoms with E-state index in [0.29, 0.717) is 30.1 Å². The molecular weight excluding hydrogens is 294 g/mol. The number of hydrogen-bond acceptors (Lipinski definition) is 3. The van der Waals surface area contributed by atoms with Crippen LogP contribution in [-0.2, 0) is 6.54 Å². The summed E-state index contributed by atoms with van der Waals surface area (Å²) >= 11 is 5.76. The van der Waals surface area contributed by atoms with E-state index in [1.807, 2.05) is 15.9 Å². The first-order chi connectivity index (χ1) is 9.95. The van der Waals surface area contributed by atoms with Crippen molar-refractivity contribution in [2.45, 2.75) is 20.4 Å². The van der Waals surface area contributed by atoms with Gasteiger partial charge in [-0.15, -0.1) is 0 Å². The largest absolute Gasteiger partial charge is 0.336 e. The Bertz CT molecular complexity index is 532. The van der Waals surface area contributed by atoms with Gasteiger partial charge in [-0.05, 0) is 17.5 Å². The van der Waals surface area contributed by atoms with E-state index in [9.17, 15) is 10.1 Å². The van der Waals surface area contributed by atoms with E-state index < -0.39 is 5.03 Å². The average Bonchev–Trinajstić information content (AvgIpc) is 2.74. The minimum absolute atomic E-state index is 0.416. The Balaban J connectivity index is 2.14. The highest BCUT2D eigenvalue weighted by molar-refractivity contribution is 6.29. The number of halogens is 1. The summed E-state index contributed by atoms with van der Waals surface area (Å²) in [4.78, 5) is 18.6. The molecule has 0 aliphatic carbocycles. The van der Waals surface area contributed by atoms with Crippen LogP contribution in [0.3, 0.4) is 0 Å². The third kappa shape index (κ3) is 4.29. The van der Waals surface area contributed by atoms with Crippen LogP contribution in [0.25, 0.3) is 0 Å². The summed E-state index contributed by atoms with van der Waals surface area (Å²) in [6, 6.07) is 3.58. The maximum atomic E-state index is 10.8. The first-order valence-electron chi connectivity index (χ1n) is 6.79. The molecular formula is C13H18ClN5O2. The topological polar surface area (TPSA) is 74.9 Å². The maximum absolute atomic E-state index is 10.8. The van der Waals surface area contributed by atoms with Crippen molar-refractivity contribution in [3.63, 3.8) is 0 Å². The summed E-state index contributed by atoms with van der Waals surface area (Å²) in [6.07, 6.45) is 1.68. The summed E-state index contributed by atoms with van der Waals surface area (Å²) < 4.78 is 0. The molecule has 1 aliphatic rings. The van der Waals surface area contributed by atoms with Crippen LogP contribution >= 0.6 is 11.6 Å². The normalized spacial score (nSPS) is 17.0. The third-order valence-corrected chi connectivity index (χ3v) is 3.35. The lowest BCUT2D eigenvalue weighted by atomic mass is 10.2. The highest BCUT2D eigenvalue weighted by Crippen LogP contribution is 2.16. The number of nitrogens with zero attached hydrogens (tertiary/aromatic N) is 5. The number of rotatable bonds is 5. The van der Waals surface area contributed by atoms with Gasteiger partial charge < -0.3 is 9.80 Å². The lowest BCUT2D eigenvalue weighted by molar-refractivity contribution is -0.486. The Morgan fingerprint density at radius 3 is 2.71 bits per heavy atom. The Morgan fingerprint density at radius 1 is 1.43 bits per heavy atom. The van der Waals surface area contributed by atoms with E-state index in [1.54, 1.807) is 12.3 Å². The standard InChI is InChI=1S/C13H18ClN5O2/c1-10(2)8-17-5-6-18(13(17)16-19(20)21)9-11-3-4-12(14)15-7-11/h3-4,7,10H,5-6,8-9H2,1-2H3/b16-13+. The molecule has 7 nitrogen and oxygen atoms in total. The van der Waals surface area contributed by atoms with E-state index in [1.165, 1.54) is 0 Å². The van der Waals surface area contributed by atoms with Crippen molar-refractivity contribution in [3.05, 3.63) is 39.2 Å². The van der Waals surface area contributed by atoms with Gasteiger partial charge in [-0.3, -0.25) is 0 Å². The van der Waals surface area contributed by atoms with Crippen LogP contribution < -0.4 is 0 Å². The van der Waals surface area contributed by atoms with Crippen LogP contribution in [0.4, 0.5) is 0 Å². The zero-order valence-corrected chi connectivity index (χ0v) is 12.8. The van der Waals surface area contributed by atoms with E-state index in [4.69, 9.17) is 11.6 Å². The molecule has 0 atom stereocenters. The van der Waals surface area contributed by atoms with Crippen molar-refractivity contribution in [2.24, 2.45) is 11.0 Å². The minimum atomic E-state index is -0.638. The Kier molecular flexibility index (Phi) is 4.95. The summed E-state index contributed by atoms with van der Waals surface area (Å²) in [5.74, 6) is 0.836. The van der Waals surface area contributed by atoms with Gasteiger partial charge in [0.1, 0.15) is 10.3 Å². The molecule has 1 saturated heterocycles. The first-order valence-corrected chi connectivity index (χ1v) is 7.17. The predicted molar refractivity (Wildman–Crippen MR) is 80.5 cm³/mol. The van der Waals surface area contributed by atoms with Gasteiger partial charge in [0.2, 0.25) is 0 Å². The Hall–Kier alpha value is -1.89. The highest BCUT2D eigenvalue weighted by atomic mass is 35.5. The van der Waals surface area contributed by atoms with Gasteiger partial charge in [0.15, 0.2) is 5.03 Å². The number of hydrazone groups is 1. The van der Waals surface area contributed by atoms with Crippen molar-refractivity contribution in [3.8, 4) is 0 Å². The molecule has 0 radical (unpaired) electrons. The van der Waals surface area contributed by atoms with Crippen molar-refractivity contribution >= 4 is 17.6 Å². The number of guanidine groups is 1. The van der Waals surface area contributed by atoms with E-state index in [2.05, 4.69) is 23.9 Å². The number of nitro groups is 1. The van der Waals surface area contributed by atoms with E-state index in [0.717, 1.165) is 18.7 Å². The second-order valence-corrected chi connectivity index (χ2v) is 5.78. The molecule has 1 fully saturated rings. The van der Waals surface area contributed by atoms with Gasteiger partial charge in [0.05, 0.1) is 0 Å². The quantitative estimate of drug-likeness (QED) is 0.472. The van der Waals surface area contributed by atoms with E-state index >= 15 is 0 Å². The molecule has 0 N–H and O–H groups in total. The maximum Gasteiger partial charge on any atom is 0.274 e. The number of aromatic nitrogens is 1. The summed E-state index contributed by atoms with van der Waals surface area (Å²) in [5.41, 5.74) is 0.946. The van der Waals surface area contributed by atoms with Gasteiger partial charge in [0, 0.05) is 32.4 Å².